The number of carbonyl (C=O) groups is 1. The molecule has 1 aliphatic heterocycles. The molecule has 3 rings (SSSR count). The Balaban J connectivity index is 1.68. The number of benzene rings is 2. The van der Waals surface area contributed by atoms with E-state index in [9.17, 15) is 13.6 Å². The lowest BCUT2D eigenvalue weighted by Crippen LogP contribution is -2.14. The maximum Gasteiger partial charge on any atom is 0.387 e. The van der Waals surface area contributed by atoms with Crippen LogP contribution >= 0.6 is 23.2 Å². The van der Waals surface area contributed by atoms with Gasteiger partial charge in [0.2, 0.25) is 5.91 Å². The summed E-state index contributed by atoms with van der Waals surface area (Å²) in [5, 5.41) is 2.98. The van der Waals surface area contributed by atoms with Gasteiger partial charge >= 0.3 is 6.61 Å². The van der Waals surface area contributed by atoms with Crippen LogP contribution in [0.15, 0.2) is 30.3 Å². The van der Waals surface area contributed by atoms with Gasteiger partial charge in [0, 0.05) is 12.1 Å². The van der Waals surface area contributed by atoms with Crippen LogP contribution in [0.2, 0.25) is 10.0 Å². The SMILES string of the molecule is O=C(Cc1cc(Cl)c2c(c1)OCCCO2)Nc1ccc(OC(F)F)c(Cl)c1. The number of fused-ring (bicyclic) bond motifs is 1. The molecule has 0 spiro atoms. The first kappa shape index (κ1) is 19.5. The van der Waals surface area contributed by atoms with Gasteiger partial charge in [-0.05, 0) is 35.9 Å². The third-order valence-electron chi connectivity index (χ3n) is 3.66. The topological polar surface area (TPSA) is 56.8 Å². The fourth-order valence-electron chi connectivity index (χ4n) is 2.55. The van der Waals surface area contributed by atoms with Gasteiger partial charge in [-0.1, -0.05) is 23.2 Å². The van der Waals surface area contributed by atoms with Crippen LogP contribution in [-0.2, 0) is 11.2 Å². The molecule has 0 aliphatic carbocycles. The Labute approximate surface area is 164 Å². The summed E-state index contributed by atoms with van der Waals surface area (Å²) >= 11 is 12.1. The zero-order valence-electron chi connectivity index (χ0n) is 13.9. The molecule has 1 N–H and O–H groups in total. The Morgan fingerprint density at radius 1 is 1.15 bits per heavy atom. The smallest absolute Gasteiger partial charge is 0.387 e. The number of halogens is 4. The zero-order valence-corrected chi connectivity index (χ0v) is 15.4. The number of alkyl halides is 2. The molecule has 0 fully saturated rings. The molecule has 0 saturated carbocycles. The summed E-state index contributed by atoms with van der Waals surface area (Å²) in [4.78, 5) is 12.3. The van der Waals surface area contributed by atoms with Gasteiger partial charge in [0.05, 0.1) is 29.7 Å². The van der Waals surface area contributed by atoms with Gasteiger partial charge in [-0.2, -0.15) is 8.78 Å². The monoisotopic (exact) mass is 417 g/mol. The number of ether oxygens (including phenoxy) is 3. The van der Waals surface area contributed by atoms with Crippen molar-refractivity contribution in [3.63, 3.8) is 0 Å². The molecule has 27 heavy (non-hydrogen) atoms. The molecule has 1 amide bonds. The second-order valence-electron chi connectivity index (χ2n) is 5.70. The molecule has 0 atom stereocenters. The van der Waals surface area contributed by atoms with Crippen LogP contribution in [0.5, 0.6) is 17.2 Å². The van der Waals surface area contributed by atoms with Crippen LogP contribution in [0.25, 0.3) is 0 Å². The Kier molecular flexibility index (Phi) is 6.23. The van der Waals surface area contributed by atoms with E-state index in [1.807, 2.05) is 0 Å². The van der Waals surface area contributed by atoms with E-state index in [1.165, 1.54) is 18.2 Å². The summed E-state index contributed by atoms with van der Waals surface area (Å²) < 4.78 is 39.9. The van der Waals surface area contributed by atoms with Crippen LogP contribution in [0, 0.1) is 0 Å². The molecule has 0 aromatic heterocycles. The molecule has 5 nitrogen and oxygen atoms in total. The Morgan fingerprint density at radius 2 is 1.93 bits per heavy atom. The lowest BCUT2D eigenvalue weighted by molar-refractivity contribution is -0.115. The molecule has 0 radical (unpaired) electrons. The number of amides is 1. The van der Waals surface area contributed by atoms with Gasteiger partial charge in [-0.15, -0.1) is 0 Å². The molecule has 2 aromatic carbocycles. The molecular weight excluding hydrogens is 403 g/mol. The van der Waals surface area contributed by atoms with Crippen LogP contribution < -0.4 is 19.5 Å². The van der Waals surface area contributed by atoms with Crippen molar-refractivity contribution < 1.29 is 27.8 Å². The minimum atomic E-state index is -2.98. The van der Waals surface area contributed by atoms with Crippen LogP contribution in [-0.4, -0.2) is 25.7 Å². The second kappa shape index (κ2) is 8.63. The van der Waals surface area contributed by atoms with E-state index in [0.29, 0.717) is 41.0 Å². The normalized spacial score (nSPS) is 13.2. The molecule has 1 heterocycles. The van der Waals surface area contributed by atoms with Crippen molar-refractivity contribution in [2.75, 3.05) is 18.5 Å². The summed E-state index contributed by atoms with van der Waals surface area (Å²) in [6, 6.07) is 7.36. The van der Waals surface area contributed by atoms with Gasteiger partial charge in [0.15, 0.2) is 11.5 Å². The predicted octanol–water partition coefficient (Wildman–Crippen LogP) is 4.94. The van der Waals surface area contributed by atoms with E-state index in [2.05, 4.69) is 10.1 Å². The lowest BCUT2D eigenvalue weighted by atomic mass is 10.1. The fraction of sp³-hybridized carbons (Fsp3) is 0.278. The second-order valence-corrected chi connectivity index (χ2v) is 6.52. The molecule has 0 bridgehead atoms. The first-order chi connectivity index (χ1) is 12.9. The summed E-state index contributed by atoms with van der Waals surface area (Å²) in [6.45, 7) is -1.96. The van der Waals surface area contributed by atoms with Gasteiger partial charge in [0.1, 0.15) is 5.75 Å². The number of hydrogen-bond donors (Lipinski definition) is 1. The van der Waals surface area contributed by atoms with Crippen molar-refractivity contribution in [1.29, 1.82) is 0 Å². The van der Waals surface area contributed by atoms with Gasteiger partial charge < -0.3 is 19.5 Å². The van der Waals surface area contributed by atoms with E-state index in [-0.39, 0.29) is 23.1 Å². The van der Waals surface area contributed by atoms with Crippen molar-refractivity contribution in [2.45, 2.75) is 19.5 Å². The lowest BCUT2D eigenvalue weighted by Gasteiger charge is -2.12. The summed E-state index contributed by atoms with van der Waals surface area (Å²) in [6.07, 6.45) is 0.774. The van der Waals surface area contributed by atoms with Crippen molar-refractivity contribution in [3.8, 4) is 17.2 Å². The average molecular weight is 418 g/mol. The number of carbonyl (C=O) groups excluding carboxylic acids is 1. The van der Waals surface area contributed by atoms with Gasteiger partial charge in [-0.3, -0.25) is 4.79 Å². The highest BCUT2D eigenvalue weighted by atomic mass is 35.5. The fourth-order valence-corrected chi connectivity index (χ4v) is 3.06. The number of anilines is 1. The molecule has 144 valence electrons. The predicted molar refractivity (Wildman–Crippen MR) is 97.5 cm³/mol. The van der Waals surface area contributed by atoms with Crippen LogP contribution in [0.3, 0.4) is 0 Å². The highest BCUT2D eigenvalue weighted by molar-refractivity contribution is 6.32. The van der Waals surface area contributed by atoms with Crippen LogP contribution in [0.1, 0.15) is 12.0 Å². The van der Waals surface area contributed by atoms with Crippen molar-refractivity contribution in [1.82, 2.24) is 0 Å². The molecule has 2 aromatic rings. The highest BCUT2D eigenvalue weighted by Crippen LogP contribution is 2.38. The third-order valence-corrected chi connectivity index (χ3v) is 4.23. The standard InChI is InChI=1S/C18H15Cl2F2NO4/c19-12-9-11(2-3-14(12)27-18(21)22)23-16(24)8-10-6-13(20)17-15(7-10)25-4-1-5-26-17/h2-3,6-7,9,18H,1,4-5,8H2,(H,23,24). The van der Waals surface area contributed by atoms with Crippen molar-refractivity contribution in [3.05, 3.63) is 45.9 Å². The first-order valence-electron chi connectivity index (χ1n) is 8.04. The minimum absolute atomic E-state index is 0.0310. The Hall–Kier alpha value is -2.25. The maximum atomic E-state index is 12.3. The van der Waals surface area contributed by atoms with Crippen molar-refractivity contribution in [2.24, 2.45) is 0 Å². The summed E-state index contributed by atoms with van der Waals surface area (Å²) in [5.74, 6) is 0.470. The third kappa shape index (κ3) is 5.14. The van der Waals surface area contributed by atoms with E-state index >= 15 is 0 Å². The molecule has 1 aliphatic rings. The maximum absolute atomic E-state index is 12.3. The van der Waals surface area contributed by atoms with Crippen LogP contribution in [0.4, 0.5) is 14.5 Å². The quantitative estimate of drug-likeness (QED) is 0.748. The Morgan fingerprint density at radius 3 is 2.67 bits per heavy atom. The molecular formula is C18H15Cl2F2NO4. The minimum Gasteiger partial charge on any atom is -0.489 e. The van der Waals surface area contributed by atoms with Crippen molar-refractivity contribution >= 4 is 34.8 Å². The highest BCUT2D eigenvalue weighted by Gasteiger charge is 2.17. The van der Waals surface area contributed by atoms with E-state index in [0.717, 1.165) is 6.42 Å². The average Bonchev–Trinajstić information content (AvgIpc) is 2.83. The zero-order chi connectivity index (χ0) is 19.4. The molecule has 0 unspecified atom stereocenters. The first-order valence-corrected chi connectivity index (χ1v) is 8.80. The van der Waals surface area contributed by atoms with Gasteiger partial charge in [0.25, 0.3) is 0 Å². The summed E-state index contributed by atoms with van der Waals surface area (Å²) in [7, 11) is 0. The number of rotatable bonds is 5. The number of hydrogen-bond acceptors (Lipinski definition) is 4. The van der Waals surface area contributed by atoms with Gasteiger partial charge in [-0.25, -0.2) is 0 Å². The number of nitrogens with one attached hydrogen (secondary N) is 1. The largest absolute Gasteiger partial charge is 0.489 e. The Bertz CT molecular complexity index is 848. The summed E-state index contributed by atoms with van der Waals surface area (Å²) in [5.41, 5.74) is 0.998. The van der Waals surface area contributed by atoms with E-state index in [4.69, 9.17) is 32.7 Å². The molecule has 9 heteroatoms. The van der Waals surface area contributed by atoms with E-state index < -0.39 is 6.61 Å². The molecule has 0 saturated heterocycles. The van der Waals surface area contributed by atoms with E-state index in [1.54, 1.807) is 12.1 Å².